The summed E-state index contributed by atoms with van der Waals surface area (Å²) < 4.78 is 1.70. The lowest BCUT2D eigenvalue weighted by atomic mass is 10.1. The van der Waals surface area contributed by atoms with E-state index >= 15 is 0 Å². The van der Waals surface area contributed by atoms with Gasteiger partial charge in [0.1, 0.15) is 17.5 Å². The number of aromatic nitrogens is 2. The van der Waals surface area contributed by atoms with Crippen molar-refractivity contribution in [2.45, 2.75) is 34.1 Å². The molecular formula is C15H18N4. The highest BCUT2D eigenvalue weighted by Gasteiger charge is 2.17. The number of nitrogen functional groups attached to an aromatic ring is 1. The van der Waals surface area contributed by atoms with Gasteiger partial charge in [0.25, 0.3) is 0 Å². The molecule has 4 heteroatoms. The van der Waals surface area contributed by atoms with E-state index < -0.39 is 0 Å². The fourth-order valence-corrected chi connectivity index (χ4v) is 2.52. The molecule has 1 heterocycles. The molecule has 98 valence electrons. The third kappa shape index (κ3) is 2.08. The Bertz CT molecular complexity index is 651. The number of rotatable bonds is 2. The van der Waals surface area contributed by atoms with Crippen LogP contribution in [0.15, 0.2) is 12.1 Å². The largest absolute Gasteiger partial charge is 0.382 e. The summed E-state index contributed by atoms with van der Waals surface area (Å²) in [5, 5.41) is 13.7. The molecule has 0 aliphatic rings. The van der Waals surface area contributed by atoms with Crippen LogP contribution in [0.25, 0.3) is 5.69 Å². The number of nitrogens with zero attached hydrogens (tertiary/aromatic N) is 3. The predicted octanol–water partition coefficient (Wildman–Crippen LogP) is 2.81. The van der Waals surface area contributed by atoms with Crippen LogP contribution in [0.4, 0.5) is 5.82 Å². The predicted molar refractivity (Wildman–Crippen MR) is 76.3 cm³/mol. The van der Waals surface area contributed by atoms with Crippen molar-refractivity contribution in [1.29, 1.82) is 5.26 Å². The van der Waals surface area contributed by atoms with E-state index in [9.17, 15) is 5.26 Å². The van der Waals surface area contributed by atoms with Gasteiger partial charge in [0.2, 0.25) is 0 Å². The topological polar surface area (TPSA) is 67.6 Å². The molecule has 2 N–H and O–H groups in total. The van der Waals surface area contributed by atoms with Crippen LogP contribution in [-0.2, 0) is 6.42 Å². The van der Waals surface area contributed by atoms with E-state index in [1.54, 1.807) is 4.68 Å². The Morgan fingerprint density at radius 1 is 1.26 bits per heavy atom. The maximum absolute atomic E-state index is 9.19. The van der Waals surface area contributed by atoms with Crippen molar-refractivity contribution in [3.63, 3.8) is 0 Å². The summed E-state index contributed by atoms with van der Waals surface area (Å²) in [4.78, 5) is 0. The van der Waals surface area contributed by atoms with E-state index in [-0.39, 0.29) is 0 Å². The van der Waals surface area contributed by atoms with Gasteiger partial charge in [0.05, 0.1) is 11.4 Å². The maximum Gasteiger partial charge on any atom is 0.145 e. The van der Waals surface area contributed by atoms with Crippen LogP contribution in [0.2, 0.25) is 0 Å². The number of hydrogen-bond acceptors (Lipinski definition) is 3. The Hall–Kier alpha value is -2.28. The molecule has 0 amide bonds. The molecule has 0 saturated carbocycles. The lowest BCUT2D eigenvalue weighted by Gasteiger charge is -2.12. The van der Waals surface area contributed by atoms with Gasteiger partial charge in [-0.05, 0) is 38.3 Å². The number of nitriles is 1. The first-order chi connectivity index (χ1) is 8.99. The summed E-state index contributed by atoms with van der Waals surface area (Å²) in [5.74, 6) is 0.425. The average molecular weight is 254 g/mol. The lowest BCUT2D eigenvalue weighted by molar-refractivity contribution is 0.837. The monoisotopic (exact) mass is 254 g/mol. The molecule has 0 saturated heterocycles. The fraction of sp³-hybridized carbons (Fsp3) is 0.333. The zero-order valence-electron chi connectivity index (χ0n) is 11.8. The van der Waals surface area contributed by atoms with E-state index in [4.69, 9.17) is 5.73 Å². The molecule has 0 bridgehead atoms. The molecular weight excluding hydrogens is 236 g/mol. The maximum atomic E-state index is 9.19. The van der Waals surface area contributed by atoms with Gasteiger partial charge in [-0.3, -0.25) is 0 Å². The highest BCUT2D eigenvalue weighted by Crippen LogP contribution is 2.26. The minimum absolute atomic E-state index is 0.425. The molecule has 1 aromatic carbocycles. The van der Waals surface area contributed by atoms with Gasteiger partial charge < -0.3 is 5.73 Å². The van der Waals surface area contributed by atoms with Gasteiger partial charge in [-0.15, -0.1) is 0 Å². The van der Waals surface area contributed by atoms with E-state index in [1.165, 1.54) is 5.56 Å². The Kier molecular flexibility index (Phi) is 3.30. The molecule has 0 unspecified atom stereocenters. The number of aryl methyl sites for hydroxylation is 4. The molecule has 0 aliphatic heterocycles. The summed E-state index contributed by atoms with van der Waals surface area (Å²) in [5.41, 5.74) is 11.7. The van der Waals surface area contributed by atoms with Gasteiger partial charge in [-0.1, -0.05) is 24.6 Å². The van der Waals surface area contributed by atoms with E-state index in [1.807, 2.05) is 20.8 Å². The van der Waals surface area contributed by atoms with E-state index in [2.05, 4.69) is 30.2 Å². The van der Waals surface area contributed by atoms with E-state index in [0.29, 0.717) is 17.8 Å². The molecule has 1 aromatic heterocycles. The number of anilines is 1. The van der Waals surface area contributed by atoms with Crippen LogP contribution in [0.3, 0.4) is 0 Å². The second-order valence-corrected chi connectivity index (χ2v) is 4.83. The van der Waals surface area contributed by atoms with Crippen LogP contribution in [-0.4, -0.2) is 9.78 Å². The number of benzene rings is 1. The molecule has 2 aromatic rings. The SMILES string of the molecule is CCc1nn(-c2c(C)cc(C)cc2C)c(N)c1C#N. The fourth-order valence-electron chi connectivity index (χ4n) is 2.52. The van der Waals surface area contributed by atoms with Gasteiger partial charge in [-0.25, -0.2) is 4.68 Å². The average Bonchev–Trinajstić information content (AvgIpc) is 2.65. The van der Waals surface area contributed by atoms with Gasteiger partial charge in [0.15, 0.2) is 0 Å². The highest BCUT2D eigenvalue weighted by atomic mass is 15.3. The minimum atomic E-state index is 0.425. The van der Waals surface area contributed by atoms with Gasteiger partial charge in [0, 0.05) is 0 Å². The molecule has 0 atom stereocenters. The van der Waals surface area contributed by atoms with Crippen molar-refractivity contribution in [2.75, 3.05) is 5.73 Å². The zero-order chi connectivity index (χ0) is 14.2. The Morgan fingerprint density at radius 3 is 2.26 bits per heavy atom. The third-order valence-electron chi connectivity index (χ3n) is 3.29. The smallest absolute Gasteiger partial charge is 0.145 e. The first-order valence-corrected chi connectivity index (χ1v) is 6.35. The van der Waals surface area contributed by atoms with Crippen molar-refractivity contribution in [1.82, 2.24) is 9.78 Å². The normalized spacial score (nSPS) is 10.5. The van der Waals surface area contributed by atoms with Gasteiger partial charge >= 0.3 is 0 Å². The van der Waals surface area contributed by atoms with Crippen molar-refractivity contribution in [3.8, 4) is 11.8 Å². The molecule has 19 heavy (non-hydrogen) atoms. The molecule has 2 rings (SSSR count). The van der Waals surface area contributed by atoms with Crippen molar-refractivity contribution in [3.05, 3.63) is 40.1 Å². The van der Waals surface area contributed by atoms with Crippen LogP contribution in [0.5, 0.6) is 0 Å². The quantitative estimate of drug-likeness (QED) is 0.896. The molecule has 0 aliphatic carbocycles. The van der Waals surface area contributed by atoms with Gasteiger partial charge in [-0.2, -0.15) is 10.4 Å². The lowest BCUT2D eigenvalue weighted by Crippen LogP contribution is -2.06. The minimum Gasteiger partial charge on any atom is -0.382 e. The Balaban J connectivity index is 2.74. The molecule has 0 fully saturated rings. The Labute approximate surface area is 113 Å². The highest BCUT2D eigenvalue weighted by molar-refractivity contribution is 5.59. The second-order valence-electron chi connectivity index (χ2n) is 4.83. The molecule has 0 spiro atoms. The van der Waals surface area contributed by atoms with Crippen molar-refractivity contribution < 1.29 is 0 Å². The van der Waals surface area contributed by atoms with Crippen LogP contribution in [0, 0.1) is 32.1 Å². The summed E-state index contributed by atoms with van der Waals surface area (Å²) in [6.45, 7) is 8.11. The van der Waals surface area contributed by atoms with Crippen LogP contribution in [0.1, 0.15) is 34.9 Å². The number of nitrogens with two attached hydrogens (primary N) is 1. The van der Waals surface area contributed by atoms with Crippen molar-refractivity contribution >= 4 is 5.82 Å². The molecule has 0 radical (unpaired) electrons. The number of hydrogen-bond donors (Lipinski definition) is 1. The molecule has 4 nitrogen and oxygen atoms in total. The van der Waals surface area contributed by atoms with Crippen molar-refractivity contribution in [2.24, 2.45) is 0 Å². The van der Waals surface area contributed by atoms with E-state index in [0.717, 1.165) is 22.5 Å². The second kappa shape index (κ2) is 4.77. The summed E-state index contributed by atoms with van der Waals surface area (Å²) >= 11 is 0. The summed E-state index contributed by atoms with van der Waals surface area (Å²) in [7, 11) is 0. The third-order valence-corrected chi connectivity index (χ3v) is 3.29. The summed E-state index contributed by atoms with van der Waals surface area (Å²) in [6.07, 6.45) is 0.698. The first-order valence-electron chi connectivity index (χ1n) is 6.35. The van der Waals surface area contributed by atoms with Crippen LogP contribution < -0.4 is 5.73 Å². The van der Waals surface area contributed by atoms with Crippen LogP contribution >= 0.6 is 0 Å². The zero-order valence-corrected chi connectivity index (χ0v) is 11.8. The Morgan fingerprint density at radius 2 is 1.84 bits per heavy atom. The first kappa shape index (κ1) is 13.2. The standard InChI is InChI=1S/C15H18N4/c1-5-13-12(8-16)15(17)19(18-13)14-10(3)6-9(2)7-11(14)4/h6-7H,5,17H2,1-4H3. The summed E-state index contributed by atoms with van der Waals surface area (Å²) in [6, 6.07) is 6.34.